The van der Waals surface area contributed by atoms with Crippen LogP contribution in [0.2, 0.25) is 0 Å². The van der Waals surface area contributed by atoms with E-state index < -0.39 is 0 Å². The number of hydrazine groups is 3. The average Bonchev–Trinajstić information content (AvgIpc) is 2.50. The van der Waals surface area contributed by atoms with Gasteiger partial charge in [0.25, 0.3) is 5.69 Å². The molecule has 0 amide bonds. The Kier molecular flexibility index (Phi) is 7.24. The van der Waals surface area contributed by atoms with Gasteiger partial charge in [0.05, 0.1) is 4.92 Å². The number of hydrogen-bond acceptors (Lipinski definition) is 6. The predicted molar refractivity (Wildman–Crippen MR) is 85.5 cm³/mol. The minimum absolute atomic E-state index is 0.130. The maximum atomic E-state index is 10.7. The standard InChI is InChI=1S/C15H25N5O2/c21-20(22)15-9-7-14(8-10-15)13-19-12-6-4-2-1-3-5-11-16-17-18-19/h7-10,16-18H,1-6,11-13H2. The summed E-state index contributed by atoms with van der Waals surface area (Å²) in [5.41, 5.74) is 10.5. The van der Waals surface area contributed by atoms with Gasteiger partial charge in [-0.15, -0.1) is 0 Å². The molecule has 1 aliphatic heterocycles. The summed E-state index contributed by atoms with van der Waals surface area (Å²) >= 11 is 0. The molecule has 1 fully saturated rings. The quantitative estimate of drug-likeness (QED) is 0.587. The Balaban J connectivity index is 1.87. The van der Waals surface area contributed by atoms with Gasteiger partial charge in [0.2, 0.25) is 0 Å². The second kappa shape index (κ2) is 9.47. The predicted octanol–water partition coefficient (Wildman–Crippen LogP) is 2.26. The van der Waals surface area contributed by atoms with Gasteiger partial charge >= 0.3 is 0 Å². The zero-order chi connectivity index (χ0) is 15.6. The van der Waals surface area contributed by atoms with E-state index >= 15 is 0 Å². The summed E-state index contributed by atoms with van der Waals surface area (Å²) in [6, 6.07) is 6.72. The Morgan fingerprint density at radius 2 is 1.73 bits per heavy atom. The van der Waals surface area contributed by atoms with Crippen LogP contribution in [-0.4, -0.2) is 23.0 Å². The molecule has 1 aliphatic rings. The summed E-state index contributed by atoms with van der Waals surface area (Å²) in [6.45, 7) is 2.58. The fourth-order valence-electron chi connectivity index (χ4n) is 2.52. The second-order valence-corrected chi connectivity index (χ2v) is 5.63. The van der Waals surface area contributed by atoms with Gasteiger partial charge in [-0.25, -0.2) is 10.4 Å². The van der Waals surface area contributed by atoms with Crippen LogP contribution >= 0.6 is 0 Å². The number of rotatable bonds is 3. The first-order chi connectivity index (χ1) is 10.8. The van der Waals surface area contributed by atoms with Crippen LogP contribution in [0.25, 0.3) is 0 Å². The fraction of sp³-hybridized carbons (Fsp3) is 0.600. The molecule has 1 heterocycles. The normalized spacial score (nSPS) is 19.1. The van der Waals surface area contributed by atoms with Crippen molar-refractivity contribution in [1.82, 2.24) is 21.5 Å². The Morgan fingerprint density at radius 1 is 1.05 bits per heavy atom. The van der Waals surface area contributed by atoms with E-state index in [1.807, 2.05) is 12.1 Å². The highest BCUT2D eigenvalue weighted by atomic mass is 16.6. The van der Waals surface area contributed by atoms with E-state index in [2.05, 4.69) is 21.5 Å². The molecule has 22 heavy (non-hydrogen) atoms. The van der Waals surface area contributed by atoms with Crippen molar-refractivity contribution in [2.45, 2.75) is 45.1 Å². The third-order valence-electron chi connectivity index (χ3n) is 3.80. The van der Waals surface area contributed by atoms with Crippen molar-refractivity contribution in [3.63, 3.8) is 0 Å². The lowest BCUT2D eigenvalue weighted by Crippen LogP contribution is -2.53. The second-order valence-electron chi connectivity index (χ2n) is 5.63. The van der Waals surface area contributed by atoms with Crippen LogP contribution in [0.5, 0.6) is 0 Å². The molecule has 0 bridgehead atoms. The topological polar surface area (TPSA) is 82.5 Å². The van der Waals surface area contributed by atoms with E-state index in [9.17, 15) is 10.1 Å². The molecule has 1 saturated heterocycles. The highest BCUT2D eigenvalue weighted by Crippen LogP contribution is 2.13. The van der Waals surface area contributed by atoms with Crippen molar-refractivity contribution in [2.24, 2.45) is 0 Å². The Morgan fingerprint density at radius 3 is 2.45 bits per heavy atom. The Bertz CT molecular complexity index is 440. The van der Waals surface area contributed by atoms with Crippen LogP contribution in [0.4, 0.5) is 5.69 Å². The van der Waals surface area contributed by atoms with Gasteiger partial charge in [-0.2, -0.15) is 11.1 Å². The summed E-state index contributed by atoms with van der Waals surface area (Å²) in [5, 5.41) is 12.8. The first-order valence-electron chi connectivity index (χ1n) is 7.97. The molecule has 0 aliphatic carbocycles. The lowest BCUT2D eigenvalue weighted by molar-refractivity contribution is -0.384. The molecule has 0 spiro atoms. The number of nitrogens with one attached hydrogen (secondary N) is 3. The van der Waals surface area contributed by atoms with E-state index in [0.29, 0.717) is 6.54 Å². The van der Waals surface area contributed by atoms with E-state index in [4.69, 9.17) is 0 Å². The van der Waals surface area contributed by atoms with Crippen molar-refractivity contribution >= 4 is 5.69 Å². The third kappa shape index (κ3) is 6.07. The van der Waals surface area contributed by atoms with E-state index in [0.717, 1.165) is 25.1 Å². The highest BCUT2D eigenvalue weighted by Gasteiger charge is 2.08. The molecule has 122 valence electrons. The van der Waals surface area contributed by atoms with Crippen LogP contribution in [0.3, 0.4) is 0 Å². The van der Waals surface area contributed by atoms with Crippen molar-refractivity contribution < 1.29 is 4.92 Å². The van der Waals surface area contributed by atoms with Crippen molar-refractivity contribution in [3.8, 4) is 0 Å². The first kappa shape index (κ1) is 16.8. The summed E-state index contributed by atoms with van der Waals surface area (Å²) in [6.07, 6.45) is 7.43. The number of nitrogens with zero attached hydrogens (tertiary/aromatic N) is 2. The van der Waals surface area contributed by atoms with Gasteiger partial charge in [0.15, 0.2) is 0 Å². The molecule has 1 aromatic carbocycles. The van der Waals surface area contributed by atoms with Gasteiger partial charge in [-0.05, 0) is 18.4 Å². The van der Waals surface area contributed by atoms with Gasteiger partial charge < -0.3 is 0 Å². The van der Waals surface area contributed by atoms with Crippen LogP contribution in [0, 0.1) is 10.1 Å². The summed E-state index contributed by atoms with van der Waals surface area (Å²) in [5.74, 6) is 0. The minimum Gasteiger partial charge on any atom is -0.258 e. The van der Waals surface area contributed by atoms with Crippen LogP contribution < -0.4 is 16.5 Å². The smallest absolute Gasteiger partial charge is 0.258 e. The van der Waals surface area contributed by atoms with Crippen molar-refractivity contribution in [2.75, 3.05) is 13.1 Å². The average molecular weight is 307 g/mol. The zero-order valence-corrected chi connectivity index (χ0v) is 12.9. The zero-order valence-electron chi connectivity index (χ0n) is 12.9. The number of benzene rings is 1. The molecule has 7 nitrogen and oxygen atoms in total. The Hall–Kier alpha value is -1.54. The number of nitro groups is 1. The SMILES string of the molecule is O=[N+]([O-])c1ccc(CN2CCCCCCCCNNN2)cc1. The highest BCUT2D eigenvalue weighted by molar-refractivity contribution is 5.32. The number of nitro benzene ring substituents is 1. The molecule has 0 unspecified atom stereocenters. The first-order valence-corrected chi connectivity index (χ1v) is 7.97. The van der Waals surface area contributed by atoms with Crippen LogP contribution in [0.1, 0.15) is 44.1 Å². The largest absolute Gasteiger partial charge is 0.269 e. The summed E-state index contributed by atoms with van der Waals surface area (Å²) in [4.78, 5) is 10.3. The third-order valence-corrected chi connectivity index (χ3v) is 3.80. The molecule has 2 rings (SSSR count). The molecule has 1 aromatic rings. The van der Waals surface area contributed by atoms with Crippen LogP contribution in [0.15, 0.2) is 24.3 Å². The van der Waals surface area contributed by atoms with Gasteiger partial charge in [-0.3, -0.25) is 10.1 Å². The Labute approximate surface area is 131 Å². The van der Waals surface area contributed by atoms with Gasteiger partial charge in [0, 0.05) is 31.8 Å². The van der Waals surface area contributed by atoms with E-state index in [-0.39, 0.29) is 10.6 Å². The van der Waals surface area contributed by atoms with Gasteiger partial charge in [-0.1, -0.05) is 37.8 Å². The number of non-ortho nitro benzene ring substituents is 1. The molecule has 7 heteroatoms. The monoisotopic (exact) mass is 307 g/mol. The van der Waals surface area contributed by atoms with Crippen molar-refractivity contribution in [1.29, 1.82) is 0 Å². The number of hydrogen-bond donors (Lipinski definition) is 3. The molecular formula is C15H25N5O2. The van der Waals surface area contributed by atoms with Crippen molar-refractivity contribution in [3.05, 3.63) is 39.9 Å². The van der Waals surface area contributed by atoms with Crippen LogP contribution in [-0.2, 0) is 6.54 Å². The molecular weight excluding hydrogens is 282 g/mol. The molecule has 0 atom stereocenters. The lowest BCUT2D eigenvalue weighted by Gasteiger charge is -2.24. The minimum atomic E-state index is -0.371. The molecule has 3 N–H and O–H groups in total. The maximum absolute atomic E-state index is 10.7. The molecule has 0 radical (unpaired) electrons. The van der Waals surface area contributed by atoms with Gasteiger partial charge in [0.1, 0.15) is 0 Å². The fourth-order valence-corrected chi connectivity index (χ4v) is 2.52. The molecule has 0 saturated carbocycles. The summed E-state index contributed by atoms with van der Waals surface area (Å²) in [7, 11) is 0. The summed E-state index contributed by atoms with van der Waals surface area (Å²) < 4.78 is 0. The van der Waals surface area contributed by atoms with E-state index in [1.54, 1.807) is 12.1 Å². The lowest BCUT2D eigenvalue weighted by atomic mass is 10.1. The maximum Gasteiger partial charge on any atom is 0.269 e. The molecule has 0 aromatic heterocycles. The van der Waals surface area contributed by atoms with E-state index in [1.165, 1.54) is 32.1 Å².